The summed E-state index contributed by atoms with van der Waals surface area (Å²) in [7, 11) is 0. The third kappa shape index (κ3) is 3.45. The van der Waals surface area contributed by atoms with Crippen molar-refractivity contribution in [2.45, 2.75) is 51.5 Å². The molecule has 1 unspecified atom stereocenters. The normalized spacial score (nSPS) is 24.2. The highest BCUT2D eigenvalue weighted by molar-refractivity contribution is 7.09. The zero-order chi connectivity index (χ0) is 13.2. The SMILES string of the molecule is CC(C)c1nsc(N2CCCC(CNC3CC3)C2)n1. The highest BCUT2D eigenvalue weighted by atomic mass is 32.1. The molecule has 1 N–H and O–H groups in total. The van der Waals surface area contributed by atoms with E-state index in [4.69, 9.17) is 0 Å². The second-order valence-electron chi connectivity index (χ2n) is 6.23. The lowest BCUT2D eigenvalue weighted by molar-refractivity contribution is 0.390. The molecular weight excluding hydrogens is 256 g/mol. The zero-order valence-corrected chi connectivity index (χ0v) is 12.7. The first-order valence-corrected chi connectivity index (χ1v) is 8.31. The summed E-state index contributed by atoms with van der Waals surface area (Å²) in [6.45, 7) is 7.78. The summed E-state index contributed by atoms with van der Waals surface area (Å²) < 4.78 is 4.47. The topological polar surface area (TPSA) is 41.1 Å². The molecule has 1 atom stereocenters. The van der Waals surface area contributed by atoms with Gasteiger partial charge < -0.3 is 10.2 Å². The average molecular weight is 280 g/mol. The fourth-order valence-corrected chi connectivity index (χ4v) is 3.46. The molecule has 5 heteroatoms. The number of aromatic nitrogens is 2. The average Bonchev–Trinajstić information content (AvgIpc) is 3.10. The Hall–Kier alpha value is -0.680. The van der Waals surface area contributed by atoms with E-state index < -0.39 is 0 Å². The van der Waals surface area contributed by atoms with Gasteiger partial charge in [0.2, 0.25) is 5.13 Å². The molecule has 19 heavy (non-hydrogen) atoms. The van der Waals surface area contributed by atoms with E-state index in [1.165, 1.54) is 32.2 Å². The van der Waals surface area contributed by atoms with Gasteiger partial charge in [-0.25, -0.2) is 4.98 Å². The Bertz CT molecular complexity index is 413. The minimum absolute atomic E-state index is 0.433. The number of hydrogen-bond acceptors (Lipinski definition) is 5. The first-order valence-electron chi connectivity index (χ1n) is 7.54. The summed E-state index contributed by atoms with van der Waals surface area (Å²) in [5, 5.41) is 4.79. The van der Waals surface area contributed by atoms with Gasteiger partial charge in [-0.2, -0.15) is 4.37 Å². The molecule has 0 spiro atoms. The van der Waals surface area contributed by atoms with Crippen molar-refractivity contribution in [2.24, 2.45) is 5.92 Å². The largest absolute Gasteiger partial charge is 0.347 e. The summed E-state index contributed by atoms with van der Waals surface area (Å²) >= 11 is 1.57. The third-order valence-electron chi connectivity index (χ3n) is 4.01. The molecule has 1 saturated heterocycles. The Labute approximate surface area is 119 Å². The first kappa shape index (κ1) is 13.3. The fourth-order valence-electron chi connectivity index (χ4n) is 2.62. The second-order valence-corrected chi connectivity index (χ2v) is 6.96. The molecule has 106 valence electrons. The molecule has 1 aliphatic heterocycles. The van der Waals surface area contributed by atoms with E-state index in [2.05, 4.69) is 33.4 Å². The molecule has 0 radical (unpaired) electrons. The molecular formula is C14H24N4S. The number of nitrogens with zero attached hydrogens (tertiary/aromatic N) is 3. The molecule has 1 aromatic rings. The van der Waals surface area contributed by atoms with Gasteiger partial charge in [-0.1, -0.05) is 13.8 Å². The van der Waals surface area contributed by atoms with Gasteiger partial charge in [0.25, 0.3) is 0 Å². The fraction of sp³-hybridized carbons (Fsp3) is 0.857. The lowest BCUT2D eigenvalue weighted by atomic mass is 9.98. The lowest BCUT2D eigenvalue weighted by Crippen LogP contribution is -2.40. The van der Waals surface area contributed by atoms with Crippen LogP contribution in [-0.4, -0.2) is 35.0 Å². The maximum Gasteiger partial charge on any atom is 0.205 e. The summed E-state index contributed by atoms with van der Waals surface area (Å²) in [4.78, 5) is 7.13. The van der Waals surface area contributed by atoms with Crippen LogP contribution < -0.4 is 10.2 Å². The summed E-state index contributed by atoms with van der Waals surface area (Å²) in [6.07, 6.45) is 5.40. The highest BCUT2D eigenvalue weighted by Gasteiger charge is 2.26. The van der Waals surface area contributed by atoms with Gasteiger partial charge in [-0.3, -0.25) is 0 Å². The van der Waals surface area contributed by atoms with Crippen molar-refractivity contribution < 1.29 is 0 Å². The number of anilines is 1. The second kappa shape index (κ2) is 5.75. The van der Waals surface area contributed by atoms with Crippen molar-refractivity contribution in [3.05, 3.63) is 5.82 Å². The quantitative estimate of drug-likeness (QED) is 0.900. The van der Waals surface area contributed by atoms with Crippen LogP contribution in [0, 0.1) is 5.92 Å². The minimum atomic E-state index is 0.433. The van der Waals surface area contributed by atoms with Crippen molar-refractivity contribution >= 4 is 16.7 Å². The van der Waals surface area contributed by atoms with E-state index in [0.717, 1.165) is 36.0 Å². The molecule has 2 aliphatic rings. The lowest BCUT2D eigenvalue weighted by Gasteiger charge is -2.32. The number of nitrogens with one attached hydrogen (secondary N) is 1. The molecule has 3 rings (SSSR count). The Morgan fingerprint density at radius 2 is 2.21 bits per heavy atom. The molecule has 1 aromatic heterocycles. The van der Waals surface area contributed by atoms with Gasteiger partial charge in [0.15, 0.2) is 0 Å². The summed E-state index contributed by atoms with van der Waals surface area (Å²) in [5.41, 5.74) is 0. The van der Waals surface area contributed by atoms with E-state index in [1.807, 2.05) is 0 Å². The predicted octanol–water partition coefficient (Wildman–Crippen LogP) is 2.63. The van der Waals surface area contributed by atoms with Crippen molar-refractivity contribution in [1.82, 2.24) is 14.7 Å². The van der Waals surface area contributed by atoms with Crippen molar-refractivity contribution in [3.8, 4) is 0 Å². The van der Waals surface area contributed by atoms with Gasteiger partial charge >= 0.3 is 0 Å². The van der Waals surface area contributed by atoms with Crippen molar-refractivity contribution in [2.75, 3.05) is 24.5 Å². The third-order valence-corrected chi connectivity index (χ3v) is 4.80. The Morgan fingerprint density at radius 1 is 1.37 bits per heavy atom. The first-order chi connectivity index (χ1) is 9.22. The van der Waals surface area contributed by atoms with E-state index in [0.29, 0.717) is 5.92 Å². The predicted molar refractivity (Wildman–Crippen MR) is 80.0 cm³/mol. The standard InChI is InChI=1S/C14H24N4S/c1-10(2)13-16-14(19-17-13)18-7-3-4-11(9-18)8-15-12-5-6-12/h10-12,15H,3-9H2,1-2H3. The van der Waals surface area contributed by atoms with Crippen LogP contribution in [0.15, 0.2) is 0 Å². The molecule has 2 fully saturated rings. The molecule has 1 aliphatic carbocycles. The van der Waals surface area contributed by atoms with Gasteiger partial charge in [0.05, 0.1) is 0 Å². The maximum absolute atomic E-state index is 4.69. The van der Waals surface area contributed by atoms with Crippen LogP contribution >= 0.6 is 11.5 Å². The van der Waals surface area contributed by atoms with E-state index >= 15 is 0 Å². The molecule has 4 nitrogen and oxygen atoms in total. The van der Waals surface area contributed by atoms with Gasteiger partial charge in [0.1, 0.15) is 5.82 Å². The van der Waals surface area contributed by atoms with Crippen LogP contribution in [0.1, 0.15) is 51.3 Å². The van der Waals surface area contributed by atoms with Crippen LogP contribution in [-0.2, 0) is 0 Å². The van der Waals surface area contributed by atoms with Crippen LogP contribution in [0.4, 0.5) is 5.13 Å². The van der Waals surface area contributed by atoms with Gasteiger partial charge in [-0.15, -0.1) is 0 Å². The highest BCUT2D eigenvalue weighted by Crippen LogP contribution is 2.27. The van der Waals surface area contributed by atoms with Crippen LogP contribution in [0.2, 0.25) is 0 Å². The minimum Gasteiger partial charge on any atom is -0.347 e. The molecule has 1 saturated carbocycles. The monoisotopic (exact) mass is 280 g/mol. The molecule has 0 bridgehead atoms. The number of hydrogen-bond donors (Lipinski definition) is 1. The number of rotatable bonds is 5. The van der Waals surface area contributed by atoms with Crippen LogP contribution in [0.5, 0.6) is 0 Å². The van der Waals surface area contributed by atoms with Crippen molar-refractivity contribution in [1.29, 1.82) is 0 Å². The zero-order valence-electron chi connectivity index (χ0n) is 11.9. The Morgan fingerprint density at radius 3 is 2.89 bits per heavy atom. The van der Waals surface area contributed by atoms with Gasteiger partial charge in [0, 0.05) is 36.6 Å². The van der Waals surface area contributed by atoms with Crippen LogP contribution in [0.3, 0.4) is 0 Å². The van der Waals surface area contributed by atoms with Crippen LogP contribution in [0.25, 0.3) is 0 Å². The van der Waals surface area contributed by atoms with Crippen molar-refractivity contribution in [3.63, 3.8) is 0 Å². The van der Waals surface area contributed by atoms with E-state index in [-0.39, 0.29) is 0 Å². The number of piperidine rings is 1. The molecule has 0 aromatic carbocycles. The summed E-state index contributed by atoms with van der Waals surface area (Å²) in [5.74, 6) is 2.21. The molecule has 0 amide bonds. The molecule has 2 heterocycles. The summed E-state index contributed by atoms with van der Waals surface area (Å²) in [6, 6.07) is 0.824. The van der Waals surface area contributed by atoms with E-state index in [9.17, 15) is 0 Å². The Balaban J connectivity index is 1.56. The smallest absolute Gasteiger partial charge is 0.205 e. The Kier molecular flexibility index (Phi) is 4.03. The van der Waals surface area contributed by atoms with Gasteiger partial charge in [-0.05, 0) is 38.1 Å². The van der Waals surface area contributed by atoms with E-state index in [1.54, 1.807) is 11.5 Å². The maximum atomic E-state index is 4.69.